The number of hydrogen-bond acceptors (Lipinski definition) is 3. The van der Waals surface area contributed by atoms with Crippen molar-refractivity contribution in [3.05, 3.63) is 123 Å². The van der Waals surface area contributed by atoms with E-state index >= 15 is 0 Å². The third-order valence-corrected chi connectivity index (χ3v) is 19.8. The Balaban J connectivity index is 1.25. The quantitative estimate of drug-likeness (QED) is 0.121. The monoisotopic (exact) mass is 949 g/mol. The smallest absolute Gasteiger partial charge is 0.200 e. The molecular formula is C66H85BN2S. The minimum Gasteiger partial charge on any atom is -0.355 e. The van der Waals surface area contributed by atoms with Crippen LogP contribution in [0.3, 0.4) is 0 Å². The van der Waals surface area contributed by atoms with Crippen LogP contribution < -0.4 is 21.1 Å². The second-order valence-electron chi connectivity index (χ2n) is 27.8. The first-order valence-corrected chi connectivity index (χ1v) is 28.2. The Morgan fingerprint density at radius 2 is 1.11 bits per heavy atom. The molecular weight excluding hydrogens is 864 g/mol. The number of rotatable bonds is 8. The van der Waals surface area contributed by atoms with Crippen molar-refractivity contribution >= 4 is 67.4 Å². The highest BCUT2D eigenvalue weighted by atomic mass is 32.1. The Labute approximate surface area is 429 Å². The molecule has 0 saturated heterocycles. The molecule has 2 nitrogen and oxygen atoms in total. The van der Waals surface area contributed by atoms with Crippen molar-refractivity contribution in [3.63, 3.8) is 0 Å². The summed E-state index contributed by atoms with van der Waals surface area (Å²) >= 11 is 2.05. The molecule has 10 rings (SSSR count). The summed E-state index contributed by atoms with van der Waals surface area (Å²) < 4.78 is 1.43. The van der Waals surface area contributed by atoms with Gasteiger partial charge in [0.1, 0.15) is 0 Å². The van der Waals surface area contributed by atoms with Crippen LogP contribution >= 0.6 is 11.3 Å². The van der Waals surface area contributed by atoms with Crippen molar-refractivity contribution in [2.75, 3.05) is 10.2 Å². The predicted molar refractivity (Wildman–Crippen MR) is 311 cm³/mol. The van der Waals surface area contributed by atoms with Crippen LogP contribution in [0, 0.1) is 6.92 Å². The van der Waals surface area contributed by atoms with Gasteiger partial charge >= 0.3 is 0 Å². The van der Waals surface area contributed by atoms with Gasteiger partial charge in [-0.15, -0.1) is 11.3 Å². The molecule has 0 saturated carbocycles. The molecule has 368 valence electrons. The van der Waals surface area contributed by atoms with Crippen molar-refractivity contribution < 1.29 is 0 Å². The lowest BCUT2D eigenvalue weighted by Crippen LogP contribution is -2.41. The summed E-state index contributed by atoms with van der Waals surface area (Å²) in [5, 5.41) is 7.03. The van der Waals surface area contributed by atoms with Crippen LogP contribution in [0.4, 0.5) is 27.8 Å². The first-order valence-electron chi connectivity index (χ1n) is 27.4. The van der Waals surface area contributed by atoms with E-state index in [9.17, 15) is 0 Å². The summed E-state index contributed by atoms with van der Waals surface area (Å²) in [5.41, 5.74) is 24.8. The summed E-state index contributed by atoms with van der Waals surface area (Å²) in [6.45, 7) is 41.5. The van der Waals surface area contributed by atoms with E-state index in [4.69, 9.17) is 0 Å². The van der Waals surface area contributed by atoms with Gasteiger partial charge in [0, 0.05) is 27.3 Å². The summed E-state index contributed by atoms with van der Waals surface area (Å²) in [6.07, 6.45) is 12.0. The van der Waals surface area contributed by atoms with Gasteiger partial charge in [-0.3, -0.25) is 0 Å². The number of nitrogens with one attached hydrogen (secondary N) is 1. The second kappa shape index (κ2) is 16.6. The molecule has 1 aromatic heterocycles. The van der Waals surface area contributed by atoms with Crippen LogP contribution in [-0.4, -0.2) is 7.28 Å². The first-order chi connectivity index (χ1) is 32.6. The van der Waals surface area contributed by atoms with Crippen LogP contribution in [0.15, 0.2) is 72.8 Å². The van der Waals surface area contributed by atoms with Crippen molar-refractivity contribution in [2.24, 2.45) is 0 Å². The van der Waals surface area contributed by atoms with E-state index in [1.165, 1.54) is 157 Å². The fourth-order valence-corrected chi connectivity index (χ4v) is 14.5. The molecule has 3 aliphatic carbocycles. The molecule has 0 unspecified atom stereocenters. The zero-order valence-electron chi connectivity index (χ0n) is 46.6. The van der Waals surface area contributed by atoms with Crippen molar-refractivity contribution in [3.8, 4) is 11.1 Å². The van der Waals surface area contributed by atoms with E-state index in [0.717, 1.165) is 13.7 Å². The Kier molecular flexibility index (Phi) is 11.7. The van der Waals surface area contributed by atoms with Crippen LogP contribution in [0.25, 0.3) is 21.2 Å². The topological polar surface area (TPSA) is 15.3 Å². The molecule has 4 heteroatoms. The van der Waals surface area contributed by atoms with Crippen LogP contribution in [0.1, 0.15) is 219 Å². The van der Waals surface area contributed by atoms with Gasteiger partial charge in [0.05, 0.1) is 10.7 Å². The molecule has 2 heterocycles. The van der Waals surface area contributed by atoms with Gasteiger partial charge < -0.3 is 10.2 Å². The fraction of sp³-hybridized carbons (Fsp3) is 0.515. The molecule has 0 fully saturated rings. The molecule has 6 aromatic rings. The second-order valence-corrected chi connectivity index (χ2v) is 28.8. The van der Waals surface area contributed by atoms with Crippen LogP contribution in [0.5, 0.6) is 0 Å². The fourth-order valence-electron chi connectivity index (χ4n) is 13.3. The number of thiophene rings is 1. The third kappa shape index (κ3) is 8.31. The lowest BCUT2D eigenvalue weighted by molar-refractivity contribution is 0.332. The van der Waals surface area contributed by atoms with E-state index in [2.05, 4.69) is 201 Å². The number of unbranched alkanes of at least 4 members (excludes halogenated alkanes) is 2. The van der Waals surface area contributed by atoms with Gasteiger partial charge in [0.2, 0.25) is 7.28 Å². The first kappa shape index (κ1) is 49.3. The standard InChI is InChI=1S/C66H85BN2S/c1-18-19-20-21-41-33-45(44-24-22-42(60(3,4)5)35-53(44)68-43-23-25-47-49(36-43)63(10,11)27-26-61(47,6)7)57-55(34-41)69(54-38-51-48(32-40(54)2)62(8,9)28-30-65(51,14)15)59-58(67-57)46-37-50-52(39-56(46)70-59)66(16,17)31-29-64(50,12)13/h22-25,32-39,67-68H,18-21,26-31H2,1-17H3. The Morgan fingerprint density at radius 3 is 1.71 bits per heavy atom. The number of anilines is 5. The average Bonchev–Trinajstić information content (AvgIpc) is 3.64. The van der Waals surface area contributed by atoms with E-state index < -0.39 is 0 Å². The maximum atomic E-state index is 4.16. The normalized spacial score (nSPS) is 19.9. The molecule has 0 bridgehead atoms. The number of benzene rings is 5. The molecule has 0 amide bonds. The molecule has 70 heavy (non-hydrogen) atoms. The van der Waals surface area contributed by atoms with Crippen molar-refractivity contribution in [2.45, 2.75) is 220 Å². The zero-order valence-corrected chi connectivity index (χ0v) is 47.4. The summed E-state index contributed by atoms with van der Waals surface area (Å²) in [5.74, 6) is 0. The van der Waals surface area contributed by atoms with Crippen molar-refractivity contribution in [1.82, 2.24) is 0 Å². The number of nitrogens with zero attached hydrogens (tertiary/aromatic N) is 1. The Bertz CT molecular complexity index is 3070. The highest BCUT2D eigenvalue weighted by Gasteiger charge is 2.42. The van der Waals surface area contributed by atoms with E-state index in [1.54, 1.807) is 11.1 Å². The van der Waals surface area contributed by atoms with Crippen molar-refractivity contribution in [1.29, 1.82) is 0 Å². The largest absolute Gasteiger partial charge is 0.355 e. The molecule has 1 aliphatic heterocycles. The number of hydrogen-bond donors (Lipinski definition) is 1. The summed E-state index contributed by atoms with van der Waals surface area (Å²) in [4.78, 5) is 2.78. The van der Waals surface area contributed by atoms with Gasteiger partial charge in [0.25, 0.3) is 0 Å². The molecule has 0 spiro atoms. The SMILES string of the molecule is CCCCCc1cc(-c2ccc(C(C)(C)C)cc2Nc2ccc3c(c2)C(C)(C)CCC3(C)C)c2c(c1)N(c1cc3c(cc1C)C(C)(C)CCC3(C)C)c1sc3cc4c(cc3c1B2)C(C)(C)CCC4(C)C. The van der Waals surface area contributed by atoms with E-state index in [0.29, 0.717) is 0 Å². The van der Waals surface area contributed by atoms with E-state index in [1.807, 2.05) is 11.3 Å². The van der Waals surface area contributed by atoms with Gasteiger partial charge in [-0.2, -0.15) is 0 Å². The lowest BCUT2D eigenvalue weighted by atomic mass is 9.57. The minimum atomic E-state index is -0.00660. The molecule has 0 radical (unpaired) electrons. The maximum Gasteiger partial charge on any atom is 0.200 e. The van der Waals surface area contributed by atoms with Gasteiger partial charge in [-0.25, -0.2) is 0 Å². The highest BCUT2D eigenvalue weighted by Crippen LogP contribution is 2.54. The third-order valence-electron chi connectivity index (χ3n) is 18.6. The zero-order chi connectivity index (χ0) is 50.3. The Morgan fingerprint density at radius 1 is 0.557 bits per heavy atom. The number of fused-ring (bicyclic) bond motifs is 7. The molecule has 1 N–H and O–H groups in total. The highest BCUT2D eigenvalue weighted by molar-refractivity contribution is 7.25. The number of aryl methyl sites for hydroxylation is 2. The van der Waals surface area contributed by atoms with E-state index in [-0.39, 0.29) is 37.9 Å². The summed E-state index contributed by atoms with van der Waals surface area (Å²) in [7, 11) is 0.902. The lowest BCUT2D eigenvalue weighted by Gasteiger charge is -2.43. The van der Waals surface area contributed by atoms with Gasteiger partial charge in [-0.05, 0) is 211 Å². The minimum absolute atomic E-state index is 0.00660. The Hall–Kier alpha value is -4.28. The molecule has 4 aliphatic rings. The molecule has 0 atom stereocenters. The van der Waals surface area contributed by atoms with Crippen LogP contribution in [0.2, 0.25) is 0 Å². The predicted octanol–water partition coefficient (Wildman–Crippen LogP) is 17.9. The van der Waals surface area contributed by atoms with Crippen LogP contribution in [-0.2, 0) is 44.3 Å². The average molecular weight is 949 g/mol. The van der Waals surface area contributed by atoms with Gasteiger partial charge in [-0.1, -0.05) is 154 Å². The summed E-state index contributed by atoms with van der Waals surface area (Å²) in [6, 6.07) is 30.5. The van der Waals surface area contributed by atoms with Gasteiger partial charge in [0.15, 0.2) is 0 Å². The maximum absolute atomic E-state index is 4.16. The molecule has 5 aromatic carbocycles.